The van der Waals surface area contributed by atoms with Crippen LogP contribution in [0, 0.1) is 5.41 Å². The monoisotopic (exact) mass is 328 g/mol. The maximum Gasteiger partial charge on any atom is 0.230 e. The maximum atomic E-state index is 12.8. The van der Waals surface area contributed by atoms with Crippen molar-refractivity contribution in [1.82, 2.24) is 19.8 Å². The van der Waals surface area contributed by atoms with E-state index >= 15 is 0 Å². The number of fused-ring (bicyclic) bond motifs is 1. The molecule has 2 aliphatic rings. The van der Waals surface area contributed by atoms with Gasteiger partial charge >= 0.3 is 0 Å². The van der Waals surface area contributed by atoms with Crippen LogP contribution in [0.4, 0.5) is 0 Å². The Morgan fingerprint density at radius 3 is 3.12 bits per heavy atom. The lowest BCUT2D eigenvalue weighted by atomic mass is 9.85. The van der Waals surface area contributed by atoms with Gasteiger partial charge < -0.3 is 14.6 Å². The molecule has 1 atom stereocenters. The summed E-state index contributed by atoms with van der Waals surface area (Å²) in [5.74, 6) is 0.324. The molecule has 4 heterocycles. The van der Waals surface area contributed by atoms with Crippen molar-refractivity contribution in [1.29, 1.82) is 0 Å². The summed E-state index contributed by atoms with van der Waals surface area (Å²) in [4.78, 5) is 24.7. The molecule has 2 saturated heterocycles. The Kier molecular flexibility index (Phi) is 4.02. The van der Waals surface area contributed by atoms with Crippen LogP contribution in [-0.2, 0) is 16.1 Å². The second-order valence-corrected chi connectivity index (χ2v) is 7.01. The van der Waals surface area contributed by atoms with Crippen LogP contribution < -0.4 is 0 Å². The molecule has 1 unspecified atom stereocenters. The number of likely N-dealkylation sites (tertiary alicyclic amines) is 2. The van der Waals surface area contributed by atoms with Crippen molar-refractivity contribution in [2.45, 2.75) is 19.4 Å². The average molecular weight is 328 g/mol. The number of aromatic nitrogens is 2. The van der Waals surface area contributed by atoms with Gasteiger partial charge in [-0.25, -0.2) is 0 Å². The number of H-pyrrole nitrogens is 1. The molecule has 2 fully saturated rings. The molecule has 24 heavy (non-hydrogen) atoms. The van der Waals surface area contributed by atoms with E-state index in [1.807, 2.05) is 17.3 Å². The summed E-state index contributed by atoms with van der Waals surface area (Å²) in [7, 11) is 1.68. The molecule has 128 valence electrons. The van der Waals surface area contributed by atoms with E-state index in [0.29, 0.717) is 19.1 Å². The van der Waals surface area contributed by atoms with Crippen molar-refractivity contribution in [3.05, 3.63) is 30.2 Å². The molecular formula is C18H24N4O2. The summed E-state index contributed by atoms with van der Waals surface area (Å²) in [6.45, 7) is 4.95. The van der Waals surface area contributed by atoms with Gasteiger partial charge in [-0.1, -0.05) is 0 Å². The minimum absolute atomic E-state index is 0.165. The number of methoxy groups -OCH3 is 1. The van der Waals surface area contributed by atoms with Gasteiger partial charge in [0.05, 0.1) is 23.7 Å². The fraction of sp³-hybridized carbons (Fsp3) is 0.556. The van der Waals surface area contributed by atoms with Crippen LogP contribution in [0.15, 0.2) is 24.7 Å². The Morgan fingerprint density at radius 1 is 1.38 bits per heavy atom. The lowest BCUT2D eigenvalue weighted by molar-refractivity contribution is -0.136. The van der Waals surface area contributed by atoms with Crippen LogP contribution in [0.5, 0.6) is 0 Å². The Labute approximate surface area is 141 Å². The number of carbonyl (C=O) groups excluding carboxylic acids is 1. The number of aromatic amines is 1. The lowest BCUT2D eigenvalue weighted by Gasteiger charge is -2.23. The average Bonchev–Trinajstić information content (AvgIpc) is 3.28. The van der Waals surface area contributed by atoms with Gasteiger partial charge in [0.2, 0.25) is 5.91 Å². The zero-order valence-electron chi connectivity index (χ0n) is 14.1. The Balaban J connectivity index is 1.44. The molecule has 2 aromatic rings. The Morgan fingerprint density at radius 2 is 2.25 bits per heavy atom. The van der Waals surface area contributed by atoms with Gasteiger partial charge in [-0.2, -0.15) is 0 Å². The van der Waals surface area contributed by atoms with Crippen LogP contribution in [0.3, 0.4) is 0 Å². The SMILES string of the molecule is COCCN1CCC2(CCN(Cc3c[nH]c4cnccc34)C2)C1=O. The van der Waals surface area contributed by atoms with E-state index in [2.05, 4.69) is 27.1 Å². The molecule has 6 nitrogen and oxygen atoms in total. The van der Waals surface area contributed by atoms with Crippen LogP contribution in [0.1, 0.15) is 18.4 Å². The van der Waals surface area contributed by atoms with Gasteiger partial charge in [0.1, 0.15) is 0 Å². The predicted octanol–water partition coefficient (Wildman–Crippen LogP) is 1.63. The third-order valence-electron chi connectivity index (χ3n) is 5.56. The van der Waals surface area contributed by atoms with E-state index in [0.717, 1.165) is 44.5 Å². The first-order valence-electron chi connectivity index (χ1n) is 8.62. The Hall–Kier alpha value is -1.92. The molecule has 2 aromatic heterocycles. The molecule has 0 bridgehead atoms. The van der Waals surface area contributed by atoms with Gasteiger partial charge in [-0.15, -0.1) is 0 Å². The highest BCUT2D eigenvalue weighted by molar-refractivity contribution is 5.85. The highest BCUT2D eigenvalue weighted by Gasteiger charge is 2.50. The Bertz CT molecular complexity index is 743. The summed E-state index contributed by atoms with van der Waals surface area (Å²) in [6.07, 6.45) is 7.71. The molecule has 1 N–H and O–H groups in total. The molecule has 1 amide bonds. The van der Waals surface area contributed by atoms with Crippen molar-refractivity contribution in [2.75, 3.05) is 39.9 Å². The number of amides is 1. The van der Waals surface area contributed by atoms with Crippen LogP contribution in [-0.4, -0.2) is 65.6 Å². The number of nitrogens with one attached hydrogen (secondary N) is 1. The highest BCUT2D eigenvalue weighted by atomic mass is 16.5. The van der Waals surface area contributed by atoms with Crippen molar-refractivity contribution in [2.24, 2.45) is 5.41 Å². The number of nitrogens with zero attached hydrogens (tertiary/aromatic N) is 3. The minimum atomic E-state index is -0.165. The van der Waals surface area contributed by atoms with E-state index in [9.17, 15) is 4.79 Å². The molecule has 0 radical (unpaired) electrons. The quantitative estimate of drug-likeness (QED) is 0.906. The molecular weight excluding hydrogens is 304 g/mol. The first kappa shape index (κ1) is 15.6. The van der Waals surface area contributed by atoms with Crippen molar-refractivity contribution < 1.29 is 9.53 Å². The van der Waals surface area contributed by atoms with Crippen LogP contribution in [0.25, 0.3) is 10.9 Å². The number of hydrogen-bond acceptors (Lipinski definition) is 4. The molecule has 0 aromatic carbocycles. The van der Waals surface area contributed by atoms with E-state index in [4.69, 9.17) is 4.74 Å². The van der Waals surface area contributed by atoms with E-state index in [1.54, 1.807) is 7.11 Å². The number of pyridine rings is 1. The first-order chi connectivity index (χ1) is 11.7. The molecule has 0 aliphatic carbocycles. The summed E-state index contributed by atoms with van der Waals surface area (Å²) in [6, 6.07) is 2.06. The summed E-state index contributed by atoms with van der Waals surface area (Å²) >= 11 is 0. The van der Waals surface area contributed by atoms with Crippen molar-refractivity contribution >= 4 is 16.8 Å². The number of rotatable bonds is 5. The smallest absolute Gasteiger partial charge is 0.230 e. The predicted molar refractivity (Wildman–Crippen MR) is 91.5 cm³/mol. The van der Waals surface area contributed by atoms with Gasteiger partial charge in [-0.05, 0) is 31.0 Å². The third kappa shape index (κ3) is 2.59. The molecule has 1 spiro atoms. The zero-order chi connectivity index (χ0) is 16.6. The number of hydrogen-bond donors (Lipinski definition) is 1. The van der Waals surface area contributed by atoms with Crippen LogP contribution in [0.2, 0.25) is 0 Å². The molecule has 6 heteroatoms. The van der Waals surface area contributed by atoms with Gasteiger partial charge in [0.25, 0.3) is 0 Å². The number of ether oxygens (including phenoxy) is 1. The topological polar surface area (TPSA) is 61.5 Å². The normalized spacial score (nSPS) is 24.7. The van der Waals surface area contributed by atoms with Crippen LogP contribution >= 0.6 is 0 Å². The van der Waals surface area contributed by atoms with Crippen molar-refractivity contribution in [3.8, 4) is 0 Å². The second-order valence-electron chi connectivity index (χ2n) is 7.01. The molecule has 0 saturated carbocycles. The van der Waals surface area contributed by atoms with Gasteiger partial charge in [-0.3, -0.25) is 14.7 Å². The molecule has 4 rings (SSSR count). The van der Waals surface area contributed by atoms with E-state index < -0.39 is 0 Å². The maximum absolute atomic E-state index is 12.8. The van der Waals surface area contributed by atoms with Gasteiger partial charge in [0, 0.05) is 51.1 Å². The zero-order valence-corrected chi connectivity index (χ0v) is 14.1. The standard InChI is InChI=1S/C18H24N4O2/c1-24-9-8-22-7-4-18(17(22)23)3-6-21(13-18)12-14-10-20-16-11-19-5-2-15(14)16/h2,5,10-11,20H,3-4,6-9,12-13H2,1H3. The van der Waals surface area contributed by atoms with E-state index in [-0.39, 0.29) is 5.41 Å². The summed E-state index contributed by atoms with van der Waals surface area (Å²) in [5, 5.41) is 1.23. The van der Waals surface area contributed by atoms with Gasteiger partial charge in [0.15, 0.2) is 0 Å². The largest absolute Gasteiger partial charge is 0.383 e. The fourth-order valence-corrected chi connectivity index (χ4v) is 4.18. The second kappa shape index (κ2) is 6.18. The highest BCUT2D eigenvalue weighted by Crippen LogP contribution is 2.41. The number of carbonyl (C=O) groups is 1. The minimum Gasteiger partial charge on any atom is -0.383 e. The van der Waals surface area contributed by atoms with E-state index in [1.165, 1.54) is 10.9 Å². The fourth-order valence-electron chi connectivity index (χ4n) is 4.18. The lowest BCUT2D eigenvalue weighted by Crippen LogP contribution is -2.38. The summed E-state index contributed by atoms with van der Waals surface area (Å²) < 4.78 is 5.12. The third-order valence-corrected chi connectivity index (χ3v) is 5.56. The van der Waals surface area contributed by atoms with Crippen molar-refractivity contribution in [3.63, 3.8) is 0 Å². The summed E-state index contributed by atoms with van der Waals surface area (Å²) in [5.41, 5.74) is 2.19. The first-order valence-corrected chi connectivity index (χ1v) is 8.62. The molecule has 2 aliphatic heterocycles.